The number of aliphatic carboxylic acids is 1. The van der Waals surface area contributed by atoms with Gasteiger partial charge < -0.3 is 15.2 Å². The lowest BCUT2D eigenvalue weighted by Gasteiger charge is -2.15. The lowest BCUT2D eigenvalue weighted by Crippen LogP contribution is -2.29. The molecule has 0 saturated carbocycles. The molecule has 1 rings (SSSR count). The monoisotopic (exact) mass is 252 g/mol. The molecule has 1 aromatic heterocycles. The Bertz CT molecular complexity index is 365. The van der Waals surface area contributed by atoms with Crippen LogP contribution in [0, 0.1) is 0 Å². The maximum atomic E-state index is 11.1. The highest BCUT2D eigenvalue weighted by atomic mass is 16.5. The van der Waals surface area contributed by atoms with Gasteiger partial charge in [-0.05, 0) is 19.4 Å². The number of ether oxygens (including phenoxy) is 1. The lowest BCUT2D eigenvalue weighted by atomic mass is 10.1. The number of anilines is 1. The fraction of sp³-hybridized carbons (Fsp3) is 0.538. The number of carboxylic acid groups (broad SMARTS) is 1. The predicted molar refractivity (Wildman–Crippen MR) is 70.0 cm³/mol. The summed E-state index contributed by atoms with van der Waals surface area (Å²) in [5, 5.41) is 12.1. The smallest absolute Gasteiger partial charge is 0.326 e. The third-order valence-electron chi connectivity index (χ3n) is 2.51. The van der Waals surface area contributed by atoms with Gasteiger partial charge in [0.05, 0.1) is 18.5 Å². The number of pyridine rings is 1. The molecule has 18 heavy (non-hydrogen) atoms. The van der Waals surface area contributed by atoms with Crippen molar-refractivity contribution in [2.75, 3.05) is 11.9 Å². The van der Waals surface area contributed by atoms with Crippen molar-refractivity contribution < 1.29 is 14.6 Å². The van der Waals surface area contributed by atoms with Gasteiger partial charge in [-0.1, -0.05) is 19.8 Å². The highest BCUT2D eigenvalue weighted by molar-refractivity contribution is 5.77. The molecule has 0 fully saturated rings. The standard InChI is InChI=1S/C13H20N2O3/c1-3-5-6-11(13(16)17)15-10-7-8-12(14-9-10)18-4-2/h7-9,11,15H,3-6H2,1-2H3,(H,16,17). The van der Waals surface area contributed by atoms with Crippen LogP contribution in [0.5, 0.6) is 5.88 Å². The average Bonchev–Trinajstić information content (AvgIpc) is 2.36. The zero-order valence-corrected chi connectivity index (χ0v) is 10.8. The molecule has 1 unspecified atom stereocenters. The van der Waals surface area contributed by atoms with Crippen LogP contribution in [-0.4, -0.2) is 28.7 Å². The number of aromatic nitrogens is 1. The van der Waals surface area contributed by atoms with E-state index in [1.54, 1.807) is 18.3 Å². The van der Waals surface area contributed by atoms with E-state index >= 15 is 0 Å². The van der Waals surface area contributed by atoms with Gasteiger partial charge in [0.2, 0.25) is 5.88 Å². The van der Waals surface area contributed by atoms with E-state index in [0.29, 0.717) is 24.6 Å². The second-order valence-corrected chi connectivity index (χ2v) is 4.00. The predicted octanol–water partition coefficient (Wildman–Crippen LogP) is 2.54. The second kappa shape index (κ2) is 7.53. The van der Waals surface area contributed by atoms with Gasteiger partial charge in [0.25, 0.3) is 0 Å². The summed E-state index contributed by atoms with van der Waals surface area (Å²) in [4.78, 5) is 15.2. The lowest BCUT2D eigenvalue weighted by molar-refractivity contribution is -0.138. The van der Waals surface area contributed by atoms with Crippen LogP contribution in [0.3, 0.4) is 0 Å². The zero-order chi connectivity index (χ0) is 13.4. The van der Waals surface area contributed by atoms with Gasteiger partial charge in [-0.25, -0.2) is 9.78 Å². The molecule has 0 aliphatic heterocycles. The summed E-state index contributed by atoms with van der Waals surface area (Å²) in [6, 6.07) is 2.94. The molecule has 5 heteroatoms. The number of nitrogens with zero attached hydrogens (tertiary/aromatic N) is 1. The fourth-order valence-corrected chi connectivity index (χ4v) is 1.57. The molecular weight excluding hydrogens is 232 g/mol. The second-order valence-electron chi connectivity index (χ2n) is 4.00. The van der Waals surface area contributed by atoms with Gasteiger partial charge in [0.15, 0.2) is 0 Å². The van der Waals surface area contributed by atoms with Crippen molar-refractivity contribution in [3.63, 3.8) is 0 Å². The molecule has 0 saturated heterocycles. The van der Waals surface area contributed by atoms with Gasteiger partial charge in [0.1, 0.15) is 6.04 Å². The molecule has 0 bridgehead atoms. The van der Waals surface area contributed by atoms with Gasteiger partial charge >= 0.3 is 5.97 Å². The van der Waals surface area contributed by atoms with Crippen LogP contribution in [0.4, 0.5) is 5.69 Å². The van der Waals surface area contributed by atoms with Crippen LogP contribution >= 0.6 is 0 Å². The minimum atomic E-state index is -0.836. The van der Waals surface area contributed by atoms with Crippen molar-refractivity contribution in [1.82, 2.24) is 4.98 Å². The number of hydrogen-bond donors (Lipinski definition) is 2. The molecule has 5 nitrogen and oxygen atoms in total. The summed E-state index contributed by atoms with van der Waals surface area (Å²) < 4.78 is 5.22. The molecule has 0 aliphatic rings. The van der Waals surface area contributed by atoms with Crippen molar-refractivity contribution in [2.24, 2.45) is 0 Å². The van der Waals surface area contributed by atoms with E-state index in [1.807, 2.05) is 13.8 Å². The molecule has 2 N–H and O–H groups in total. The quantitative estimate of drug-likeness (QED) is 0.744. The molecule has 1 heterocycles. The molecule has 0 aromatic carbocycles. The Labute approximate surface area is 107 Å². The molecule has 0 aliphatic carbocycles. The van der Waals surface area contributed by atoms with Gasteiger partial charge in [-0.2, -0.15) is 0 Å². The van der Waals surface area contributed by atoms with Crippen LogP contribution < -0.4 is 10.1 Å². The molecular formula is C13H20N2O3. The third-order valence-corrected chi connectivity index (χ3v) is 2.51. The van der Waals surface area contributed by atoms with E-state index in [9.17, 15) is 4.79 Å². The fourth-order valence-electron chi connectivity index (χ4n) is 1.57. The molecule has 100 valence electrons. The van der Waals surface area contributed by atoms with E-state index in [4.69, 9.17) is 9.84 Å². The van der Waals surface area contributed by atoms with Crippen molar-refractivity contribution in [2.45, 2.75) is 39.2 Å². The number of hydrogen-bond acceptors (Lipinski definition) is 4. The molecule has 1 atom stereocenters. The number of rotatable bonds is 8. The Balaban J connectivity index is 2.60. The van der Waals surface area contributed by atoms with Crippen LogP contribution in [-0.2, 0) is 4.79 Å². The normalized spacial score (nSPS) is 11.9. The topological polar surface area (TPSA) is 71.5 Å². The Kier molecular flexibility index (Phi) is 5.97. The zero-order valence-electron chi connectivity index (χ0n) is 10.8. The number of unbranched alkanes of at least 4 members (excludes halogenated alkanes) is 1. The molecule has 1 aromatic rings. The summed E-state index contributed by atoms with van der Waals surface area (Å²) >= 11 is 0. The highest BCUT2D eigenvalue weighted by Gasteiger charge is 2.16. The van der Waals surface area contributed by atoms with Crippen molar-refractivity contribution >= 4 is 11.7 Å². The number of carbonyl (C=O) groups is 1. The van der Waals surface area contributed by atoms with E-state index in [2.05, 4.69) is 10.3 Å². The van der Waals surface area contributed by atoms with Gasteiger partial charge in [0, 0.05) is 6.07 Å². The summed E-state index contributed by atoms with van der Waals surface area (Å²) in [6.45, 7) is 4.49. The molecule has 0 spiro atoms. The first-order chi connectivity index (χ1) is 8.67. The van der Waals surface area contributed by atoms with Crippen molar-refractivity contribution in [3.05, 3.63) is 18.3 Å². The third kappa shape index (κ3) is 4.61. The summed E-state index contributed by atoms with van der Waals surface area (Å²) in [7, 11) is 0. The summed E-state index contributed by atoms with van der Waals surface area (Å²) in [6.07, 6.45) is 4.06. The van der Waals surface area contributed by atoms with Crippen molar-refractivity contribution in [1.29, 1.82) is 0 Å². The minimum Gasteiger partial charge on any atom is -0.480 e. The van der Waals surface area contributed by atoms with E-state index in [1.165, 1.54) is 0 Å². The van der Waals surface area contributed by atoms with Crippen LogP contribution in [0.1, 0.15) is 33.1 Å². The van der Waals surface area contributed by atoms with Crippen LogP contribution in [0.15, 0.2) is 18.3 Å². The Hall–Kier alpha value is -1.78. The van der Waals surface area contributed by atoms with E-state index in [-0.39, 0.29) is 0 Å². The maximum Gasteiger partial charge on any atom is 0.326 e. The highest BCUT2D eigenvalue weighted by Crippen LogP contribution is 2.14. The van der Waals surface area contributed by atoms with Crippen LogP contribution in [0.25, 0.3) is 0 Å². The average molecular weight is 252 g/mol. The van der Waals surface area contributed by atoms with Gasteiger partial charge in [-0.3, -0.25) is 0 Å². The number of carboxylic acids is 1. The molecule has 0 amide bonds. The summed E-state index contributed by atoms with van der Waals surface area (Å²) in [5.74, 6) is -0.291. The van der Waals surface area contributed by atoms with Gasteiger partial charge in [-0.15, -0.1) is 0 Å². The Morgan fingerprint density at radius 1 is 1.50 bits per heavy atom. The number of nitrogens with one attached hydrogen (secondary N) is 1. The van der Waals surface area contributed by atoms with Crippen molar-refractivity contribution in [3.8, 4) is 5.88 Å². The largest absolute Gasteiger partial charge is 0.480 e. The van der Waals surface area contributed by atoms with Crippen LogP contribution in [0.2, 0.25) is 0 Å². The summed E-state index contributed by atoms with van der Waals surface area (Å²) in [5.41, 5.74) is 0.696. The first kappa shape index (κ1) is 14.3. The van der Waals surface area contributed by atoms with E-state index < -0.39 is 12.0 Å². The van der Waals surface area contributed by atoms with E-state index in [0.717, 1.165) is 12.8 Å². The molecule has 0 radical (unpaired) electrons. The minimum absolute atomic E-state index is 0.545. The maximum absolute atomic E-state index is 11.1. The Morgan fingerprint density at radius 2 is 2.28 bits per heavy atom. The Morgan fingerprint density at radius 3 is 2.78 bits per heavy atom. The first-order valence-electron chi connectivity index (χ1n) is 6.25. The first-order valence-corrected chi connectivity index (χ1v) is 6.25. The SMILES string of the molecule is CCCCC(Nc1ccc(OCC)nc1)C(=O)O.